The summed E-state index contributed by atoms with van der Waals surface area (Å²) in [7, 11) is 0. The largest absolute Gasteiger partial charge is 0.387 e. The lowest BCUT2D eigenvalue weighted by atomic mass is 10.0. The lowest BCUT2D eigenvalue weighted by molar-refractivity contribution is 0.134. The Morgan fingerprint density at radius 2 is 2.29 bits per heavy atom. The van der Waals surface area contributed by atoms with Gasteiger partial charge in [-0.15, -0.1) is 0 Å². The smallest absolute Gasteiger partial charge is 0.123 e. The third kappa shape index (κ3) is 3.05. The molecule has 1 aromatic rings. The maximum absolute atomic E-state index is 13.1. The van der Waals surface area contributed by atoms with Crippen LogP contribution in [0.2, 0.25) is 0 Å². The Bertz CT molecular complexity index is 369. The van der Waals surface area contributed by atoms with Gasteiger partial charge in [0.2, 0.25) is 0 Å². The predicted molar refractivity (Wildman–Crippen MR) is 66.2 cm³/mol. The van der Waals surface area contributed by atoms with Crippen molar-refractivity contribution in [2.75, 3.05) is 0 Å². The fraction of sp³-hybridized carbons (Fsp3) is 0.571. The summed E-state index contributed by atoms with van der Waals surface area (Å²) in [5, 5.41) is 13.6. The molecule has 2 rings (SSSR count). The van der Waals surface area contributed by atoms with Gasteiger partial charge in [-0.3, -0.25) is 0 Å². The first-order valence-corrected chi connectivity index (χ1v) is 6.40. The molecule has 3 atom stereocenters. The lowest BCUT2D eigenvalue weighted by Gasteiger charge is -2.20. The molecule has 1 fully saturated rings. The SMILES string of the molecule is CCCC1CCC([C@@H](O)c2cccc(F)c2)N1. The zero-order valence-electron chi connectivity index (χ0n) is 10.2. The highest BCUT2D eigenvalue weighted by Crippen LogP contribution is 2.27. The van der Waals surface area contributed by atoms with Crippen LogP contribution < -0.4 is 5.32 Å². The van der Waals surface area contributed by atoms with Crippen LogP contribution in [-0.4, -0.2) is 17.2 Å². The molecule has 1 saturated heterocycles. The summed E-state index contributed by atoms with van der Waals surface area (Å²) in [5.41, 5.74) is 0.666. The average Bonchev–Trinajstić information content (AvgIpc) is 2.77. The molecule has 0 saturated carbocycles. The summed E-state index contributed by atoms with van der Waals surface area (Å²) in [6, 6.07) is 6.81. The molecule has 0 aliphatic carbocycles. The maximum atomic E-state index is 13.1. The van der Waals surface area contributed by atoms with Gasteiger partial charge in [0.15, 0.2) is 0 Å². The third-order valence-corrected chi connectivity index (χ3v) is 3.48. The van der Waals surface area contributed by atoms with Gasteiger partial charge in [0.25, 0.3) is 0 Å². The van der Waals surface area contributed by atoms with Gasteiger partial charge < -0.3 is 10.4 Å². The Morgan fingerprint density at radius 1 is 1.47 bits per heavy atom. The monoisotopic (exact) mass is 237 g/mol. The number of rotatable bonds is 4. The van der Waals surface area contributed by atoms with E-state index in [1.54, 1.807) is 12.1 Å². The molecule has 1 aliphatic heterocycles. The van der Waals surface area contributed by atoms with Crippen molar-refractivity contribution in [1.82, 2.24) is 5.32 Å². The quantitative estimate of drug-likeness (QED) is 0.844. The molecule has 0 spiro atoms. The zero-order chi connectivity index (χ0) is 12.3. The molecule has 2 nitrogen and oxygen atoms in total. The first-order chi connectivity index (χ1) is 8.20. The molecule has 0 aromatic heterocycles. The van der Waals surface area contributed by atoms with Crippen molar-refractivity contribution in [3.63, 3.8) is 0 Å². The fourth-order valence-corrected chi connectivity index (χ4v) is 2.60. The van der Waals surface area contributed by atoms with E-state index < -0.39 is 6.10 Å². The molecule has 0 bridgehead atoms. The molecule has 2 unspecified atom stereocenters. The minimum atomic E-state index is -0.604. The highest BCUT2D eigenvalue weighted by Gasteiger charge is 2.29. The Hall–Kier alpha value is -0.930. The molecule has 2 N–H and O–H groups in total. The predicted octanol–water partition coefficient (Wildman–Crippen LogP) is 2.78. The van der Waals surface area contributed by atoms with Gasteiger partial charge in [-0.1, -0.05) is 25.5 Å². The standard InChI is InChI=1S/C14H20FNO/c1-2-4-12-7-8-13(16-12)14(17)10-5-3-6-11(15)9-10/h3,5-6,9,12-14,16-17H,2,4,7-8H2,1H3/t12?,13?,14-/m0/s1. The van der Waals surface area contributed by atoms with E-state index in [2.05, 4.69) is 12.2 Å². The number of nitrogens with one attached hydrogen (secondary N) is 1. The van der Waals surface area contributed by atoms with E-state index in [9.17, 15) is 9.50 Å². The van der Waals surface area contributed by atoms with Crippen LogP contribution in [0.5, 0.6) is 0 Å². The van der Waals surface area contributed by atoms with Crippen molar-refractivity contribution >= 4 is 0 Å². The summed E-state index contributed by atoms with van der Waals surface area (Å²) in [6.07, 6.45) is 3.76. The molecule has 1 aromatic carbocycles. The highest BCUT2D eigenvalue weighted by molar-refractivity contribution is 5.20. The van der Waals surface area contributed by atoms with E-state index >= 15 is 0 Å². The van der Waals surface area contributed by atoms with E-state index in [0.717, 1.165) is 25.7 Å². The van der Waals surface area contributed by atoms with Crippen molar-refractivity contribution < 1.29 is 9.50 Å². The molecule has 0 radical (unpaired) electrons. The molecule has 0 amide bonds. The fourth-order valence-electron chi connectivity index (χ4n) is 2.60. The van der Waals surface area contributed by atoms with Gasteiger partial charge in [-0.25, -0.2) is 4.39 Å². The van der Waals surface area contributed by atoms with Crippen LogP contribution in [0, 0.1) is 5.82 Å². The van der Waals surface area contributed by atoms with Crippen LogP contribution in [-0.2, 0) is 0 Å². The van der Waals surface area contributed by atoms with Crippen LogP contribution in [0.3, 0.4) is 0 Å². The molecule has 1 aliphatic rings. The van der Waals surface area contributed by atoms with Crippen LogP contribution in [0.15, 0.2) is 24.3 Å². The van der Waals surface area contributed by atoms with Gasteiger partial charge in [0, 0.05) is 12.1 Å². The van der Waals surface area contributed by atoms with Crippen LogP contribution in [0.4, 0.5) is 4.39 Å². The zero-order valence-corrected chi connectivity index (χ0v) is 10.2. The van der Waals surface area contributed by atoms with Crippen molar-refractivity contribution in [2.45, 2.75) is 50.8 Å². The summed E-state index contributed by atoms with van der Waals surface area (Å²) in [6.45, 7) is 2.16. The summed E-state index contributed by atoms with van der Waals surface area (Å²) < 4.78 is 13.1. The number of aliphatic hydroxyl groups is 1. The number of hydrogen-bond acceptors (Lipinski definition) is 2. The van der Waals surface area contributed by atoms with Crippen LogP contribution in [0.25, 0.3) is 0 Å². The van der Waals surface area contributed by atoms with Gasteiger partial charge in [0.05, 0.1) is 6.10 Å². The summed E-state index contributed by atoms with van der Waals surface area (Å²) in [4.78, 5) is 0. The topological polar surface area (TPSA) is 32.3 Å². The van der Waals surface area contributed by atoms with E-state index in [4.69, 9.17) is 0 Å². The van der Waals surface area contributed by atoms with Crippen molar-refractivity contribution in [2.24, 2.45) is 0 Å². The first-order valence-electron chi connectivity index (χ1n) is 6.40. The molecular weight excluding hydrogens is 217 g/mol. The number of hydrogen-bond donors (Lipinski definition) is 2. The van der Waals surface area contributed by atoms with E-state index in [0.29, 0.717) is 11.6 Å². The average molecular weight is 237 g/mol. The van der Waals surface area contributed by atoms with Gasteiger partial charge >= 0.3 is 0 Å². The molecular formula is C14H20FNO. The summed E-state index contributed by atoms with van der Waals surface area (Å²) in [5.74, 6) is -0.287. The maximum Gasteiger partial charge on any atom is 0.123 e. The number of halogens is 1. The second-order valence-corrected chi connectivity index (χ2v) is 4.84. The summed E-state index contributed by atoms with van der Waals surface area (Å²) >= 11 is 0. The van der Waals surface area contributed by atoms with Crippen LogP contribution >= 0.6 is 0 Å². The highest BCUT2D eigenvalue weighted by atomic mass is 19.1. The van der Waals surface area contributed by atoms with Crippen molar-refractivity contribution in [1.29, 1.82) is 0 Å². The molecule has 17 heavy (non-hydrogen) atoms. The Kier molecular flexibility index (Phi) is 4.13. The first kappa shape index (κ1) is 12.5. The Morgan fingerprint density at radius 3 is 3.00 bits per heavy atom. The third-order valence-electron chi connectivity index (χ3n) is 3.48. The second-order valence-electron chi connectivity index (χ2n) is 4.84. The van der Waals surface area contributed by atoms with E-state index in [1.807, 2.05) is 0 Å². The second kappa shape index (κ2) is 5.61. The van der Waals surface area contributed by atoms with E-state index in [-0.39, 0.29) is 11.9 Å². The number of aliphatic hydroxyl groups excluding tert-OH is 1. The lowest BCUT2D eigenvalue weighted by Crippen LogP contribution is -2.33. The number of benzene rings is 1. The van der Waals surface area contributed by atoms with Crippen LogP contribution in [0.1, 0.15) is 44.3 Å². The van der Waals surface area contributed by atoms with Crippen molar-refractivity contribution in [3.05, 3.63) is 35.6 Å². The normalized spacial score (nSPS) is 26.1. The van der Waals surface area contributed by atoms with E-state index in [1.165, 1.54) is 12.1 Å². The molecule has 3 heteroatoms. The van der Waals surface area contributed by atoms with Gasteiger partial charge in [-0.05, 0) is 37.0 Å². The minimum absolute atomic E-state index is 0.0633. The van der Waals surface area contributed by atoms with Gasteiger partial charge in [0.1, 0.15) is 5.82 Å². The van der Waals surface area contributed by atoms with Crippen molar-refractivity contribution in [3.8, 4) is 0 Å². The Balaban J connectivity index is 1.99. The van der Waals surface area contributed by atoms with Gasteiger partial charge in [-0.2, -0.15) is 0 Å². The Labute approximate surface area is 102 Å². The molecule has 94 valence electrons. The minimum Gasteiger partial charge on any atom is -0.387 e. The molecule has 1 heterocycles.